The monoisotopic (exact) mass is 473 g/mol. The highest BCUT2D eigenvalue weighted by Gasteiger charge is 2.34. The molecule has 1 aromatic heterocycles. The highest BCUT2D eigenvalue weighted by molar-refractivity contribution is 7.99. The van der Waals surface area contributed by atoms with Crippen LogP contribution in [-0.4, -0.2) is 26.8 Å². The van der Waals surface area contributed by atoms with Crippen LogP contribution in [0.15, 0.2) is 47.6 Å². The van der Waals surface area contributed by atoms with E-state index >= 15 is 0 Å². The molecule has 0 fully saturated rings. The Kier molecular flexibility index (Phi) is 7.13. The van der Waals surface area contributed by atoms with Gasteiger partial charge >= 0.3 is 0 Å². The summed E-state index contributed by atoms with van der Waals surface area (Å²) in [6, 6.07) is 15.1. The van der Waals surface area contributed by atoms with Gasteiger partial charge in [0.2, 0.25) is 23.2 Å². The number of amides is 1. The van der Waals surface area contributed by atoms with E-state index in [4.69, 9.17) is 9.72 Å². The summed E-state index contributed by atoms with van der Waals surface area (Å²) in [5.74, 6) is 1.64. The first-order valence-electron chi connectivity index (χ1n) is 11.4. The number of carbonyl (C=O) groups is 1. The highest BCUT2D eigenvalue weighted by Crippen LogP contribution is 2.44. The van der Waals surface area contributed by atoms with Gasteiger partial charge in [0, 0.05) is 23.8 Å². The molecule has 1 aliphatic rings. The SMILES string of the molecule is CCc1ccc2c(c1)-c1nnc(SCCC(C)C)nc1O[C@@H](c1ccc(C#N)cc1)N2C(C)=O. The van der Waals surface area contributed by atoms with Crippen LogP contribution in [0.3, 0.4) is 0 Å². The first-order chi connectivity index (χ1) is 16.4. The first-order valence-corrected chi connectivity index (χ1v) is 12.4. The zero-order chi connectivity index (χ0) is 24.2. The summed E-state index contributed by atoms with van der Waals surface area (Å²) in [5.41, 5.74) is 4.35. The minimum absolute atomic E-state index is 0.174. The van der Waals surface area contributed by atoms with E-state index in [9.17, 15) is 10.1 Å². The summed E-state index contributed by atoms with van der Waals surface area (Å²) in [7, 11) is 0. The number of ether oxygens (including phenoxy) is 1. The predicted octanol–water partition coefficient (Wildman–Crippen LogP) is 5.55. The zero-order valence-corrected chi connectivity index (χ0v) is 20.6. The van der Waals surface area contributed by atoms with E-state index in [0.29, 0.717) is 33.9 Å². The Labute approximate surface area is 204 Å². The molecule has 0 N–H and O–H groups in total. The molecular formula is C26H27N5O2S. The number of aromatic nitrogens is 3. The quantitative estimate of drug-likeness (QED) is 0.433. The Morgan fingerprint density at radius 3 is 2.62 bits per heavy atom. The second kappa shape index (κ2) is 10.2. The molecule has 0 aliphatic carbocycles. The van der Waals surface area contributed by atoms with Crippen molar-refractivity contribution >= 4 is 23.4 Å². The molecule has 0 unspecified atom stereocenters. The van der Waals surface area contributed by atoms with Crippen LogP contribution < -0.4 is 9.64 Å². The molecule has 0 bridgehead atoms. The Balaban J connectivity index is 1.85. The van der Waals surface area contributed by atoms with Gasteiger partial charge in [0.25, 0.3) is 0 Å². The van der Waals surface area contributed by atoms with E-state index < -0.39 is 6.23 Å². The van der Waals surface area contributed by atoms with Crippen molar-refractivity contribution in [2.24, 2.45) is 5.92 Å². The Bertz CT molecular complexity index is 1240. The lowest BCUT2D eigenvalue weighted by Gasteiger charge is -2.30. The zero-order valence-electron chi connectivity index (χ0n) is 19.8. The molecule has 3 aromatic rings. The molecule has 34 heavy (non-hydrogen) atoms. The van der Waals surface area contributed by atoms with Crippen molar-refractivity contribution in [3.8, 4) is 23.2 Å². The molecule has 4 rings (SSSR count). The number of hydrogen-bond acceptors (Lipinski definition) is 7. The lowest BCUT2D eigenvalue weighted by molar-refractivity contribution is -0.118. The van der Waals surface area contributed by atoms with E-state index in [1.165, 1.54) is 6.92 Å². The fraction of sp³-hybridized carbons (Fsp3) is 0.346. The van der Waals surface area contributed by atoms with Gasteiger partial charge in [-0.1, -0.05) is 50.7 Å². The fourth-order valence-electron chi connectivity index (χ4n) is 3.76. The van der Waals surface area contributed by atoms with Crippen molar-refractivity contribution in [1.82, 2.24) is 15.2 Å². The molecule has 0 radical (unpaired) electrons. The number of anilines is 1. The average molecular weight is 474 g/mol. The van der Waals surface area contributed by atoms with Crippen molar-refractivity contribution in [2.45, 2.75) is 51.9 Å². The Morgan fingerprint density at radius 1 is 1.21 bits per heavy atom. The second-order valence-electron chi connectivity index (χ2n) is 8.58. The maximum absolute atomic E-state index is 12.9. The molecule has 174 valence electrons. The summed E-state index contributed by atoms with van der Waals surface area (Å²) >= 11 is 1.55. The van der Waals surface area contributed by atoms with Gasteiger partial charge in [-0.2, -0.15) is 10.2 Å². The largest absolute Gasteiger partial charge is 0.447 e. The predicted molar refractivity (Wildman–Crippen MR) is 133 cm³/mol. The van der Waals surface area contributed by atoms with E-state index in [1.807, 2.05) is 18.2 Å². The molecule has 1 atom stereocenters. The third-order valence-corrected chi connectivity index (χ3v) is 6.54. The van der Waals surface area contributed by atoms with Crippen LogP contribution in [-0.2, 0) is 11.2 Å². The average Bonchev–Trinajstić information content (AvgIpc) is 2.97. The smallest absolute Gasteiger partial charge is 0.247 e. The molecule has 0 spiro atoms. The maximum atomic E-state index is 12.9. The number of nitrogens with zero attached hydrogens (tertiary/aromatic N) is 5. The molecule has 1 aliphatic heterocycles. The minimum atomic E-state index is -0.761. The van der Waals surface area contributed by atoms with Gasteiger partial charge < -0.3 is 4.74 Å². The van der Waals surface area contributed by atoms with E-state index in [2.05, 4.69) is 37.0 Å². The van der Waals surface area contributed by atoms with E-state index in [1.54, 1.807) is 40.9 Å². The third kappa shape index (κ3) is 4.90. The van der Waals surface area contributed by atoms with Crippen molar-refractivity contribution in [3.05, 3.63) is 59.2 Å². The topological polar surface area (TPSA) is 92.0 Å². The summed E-state index contributed by atoms with van der Waals surface area (Å²) < 4.78 is 6.41. The molecule has 8 heteroatoms. The van der Waals surface area contributed by atoms with Gasteiger partial charge in [-0.05, 0) is 48.6 Å². The number of benzene rings is 2. The van der Waals surface area contributed by atoms with Crippen molar-refractivity contribution < 1.29 is 9.53 Å². The van der Waals surface area contributed by atoms with Crippen molar-refractivity contribution in [3.63, 3.8) is 0 Å². The van der Waals surface area contributed by atoms with Gasteiger partial charge in [0.1, 0.15) is 0 Å². The van der Waals surface area contributed by atoms with Crippen LogP contribution in [0.25, 0.3) is 11.3 Å². The van der Waals surface area contributed by atoms with E-state index in [-0.39, 0.29) is 5.91 Å². The minimum Gasteiger partial charge on any atom is -0.447 e. The highest BCUT2D eigenvalue weighted by atomic mass is 32.2. The van der Waals surface area contributed by atoms with Crippen LogP contribution in [0, 0.1) is 17.2 Å². The number of carbonyl (C=O) groups excluding carboxylic acids is 1. The van der Waals surface area contributed by atoms with Crippen LogP contribution in [0.5, 0.6) is 5.88 Å². The number of nitriles is 1. The lowest BCUT2D eigenvalue weighted by Crippen LogP contribution is -2.36. The van der Waals surface area contributed by atoms with Crippen molar-refractivity contribution in [2.75, 3.05) is 10.7 Å². The van der Waals surface area contributed by atoms with Crippen LogP contribution in [0.4, 0.5) is 5.69 Å². The normalized spacial score (nSPS) is 14.6. The van der Waals surface area contributed by atoms with Gasteiger partial charge in [0.15, 0.2) is 5.69 Å². The van der Waals surface area contributed by atoms with Crippen LogP contribution >= 0.6 is 11.8 Å². The maximum Gasteiger partial charge on any atom is 0.247 e. The lowest BCUT2D eigenvalue weighted by atomic mass is 10.0. The number of aryl methyl sites for hydroxylation is 1. The third-order valence-electron chi connectivity index (χ3n) is 5.67. The molecule has 2 heterocycles. The molecular weight excluding hydrogens is 446 g/mol. The van der Waals surface area contributed by atoms with E-state index in [0.717, 1.165) is 35.3 Å². The first kappa shape index (κ1) is 23.7. The molecule has 0 saturated carbocycles. The van der Waals surface area contributed by atoms with Crippen LogP contribution in [0.2, 0.25) is 0 Å². The summed E-state index contributed by atoms with van der Waals surface area (Å²) in [5, 5.41) is 18.6. The molecule has 2 aromatic carbocycles. The number of fused-ring (bicyclic) bond motifs is 3. The number of hydrogen-bond donors (Lipinski definition) is 0. The van der Waals surface area contributed by atoms with Gasteiger partial charge in [-0.3, -0.25) is 9.69 Å². The molecule has 1 amide bonds. The summed E-state index contributed by atoms with van der Waals surface area (Å²) in [6.07, 6.45) is 1.12. The number of rotatable bonds is 6. The van der Waals surface area contributed by atoms with Crippen LogP contribution in [0.1, 0.15) is 57.0 Å². The Morgan fingerprint density at radius 2 is 1.97 bits per heavy atom. The van der Waals surface area contributed by atoms with Gasteiger partial charge in [-0.15, -0.1) is 10.2 Å². The van der Waals surface area contributed by atoms with Crippen molar-refractivity contribution in [1.29, 1.82) is 5.26 Å². The Hall–Kier alpha value is -3.44. The standard InChI is InChI=1S/C26H27N5O2S/c1-5-18-8-11-22-21(14-18)23-24(28-26(30-29-23)34-13-12-16(2)3)33-25(31(22)17(4)32)20-9-6-19(15-27)7-10-20/h6-11,14,16,25H,5,12-13H2,1-4H3/t25-/m0/s1. The second-order valence-corrected chi connectivity index (χ2v) is 9.64. The number of thioether (sulfide) groups is 1. The fourth-order valence-corrected chi connectivity index (χ4v) is 4.78. The molecule has 7 nitrogen and oxygen atoms in total. The van der Waals surface area contributed by atoms with Gasteiger partial charge in [0.05, 0.1) is 17.3 Å². The summed E-state index contributed by atoms with van der Waals surface area (Å²) in [4.78, 5) is 19.3. The van der Waals surface area contributed by atoms with Gasteiger partial charge in [-0.25, -0.2) is 0 Å². The molecule has 0 saturated heterocycles. The summed E-state index contributed by atoms with van der Waals surface area (Å²) in [6.45, 7) is 7.96.